The Morgan fingerprint density at radius 2 is 1.77 bits per heavy atom. The van der Waals surface area contributed by atoms with Crippen molar-refractivity contribution in [1.29, 1.82) is 0 Å². The molecule has 1 atom stereocenters. The minimum absolute atomic E-state index is 0.0956. The number of nitrogens with two attached hydrogens (primary N) is 1. The van der Waals surface area contributed by atoms with Gasteiger partial charge in [0.05, 0.1) is 19.7 Å². The Labute approximate surface area is 132 Å². The van der Waals surface area contributed by atoms with Crippen molar-refractivity contribution in [2.75, 3.05) is 13.7 Å². The summed E-state index contributed by atoms with van der Waals surface area (Å²) in [6.07, 6.45) is 2.95. The summed E-state index contributed by atoms with van der Waals surface area (Å²) in [7, 11) is 1.68. The molecule has 0 aliphatic heterocycles. The standard InChI is InChI=1S/C19H24FNO/c1-15(7-8-16-9-11-18(22-2)12-10-16)21-14-13-17-5-3-4-6-19(17)20/h3-6,9-12,15,21H,7-8,13-14H2,1-2H3/p+1/t15-/m0/s1. The van der Waals surface area contributed by atoms with E-state index in [0.29, 0.717) is 6.04 Å². The number of benzene rings is 2. The fourth-order valence-electron chi connectivity index (χ4n) is 2.53. The minimum Gasteiger partial charge on any atom is -0.497 e. The Morgan fingerprint density at radius 3 is 2.45 bits per heavy atom. The first-order valence-corrected chi connectivity index (χ1v) is 7.88. The number of methoxy groups -OCH3 is 1. The highest BCUT2D eigenvalue weighted by molar-refractivity contribution is 5.27. The second-order valence-corrected chi connectivity index (χ2v) is 5.73. The Hall–Kier alpha value is -1.87. The molecule has 2 rings (SSSR count). The van der Waals surface area contributed by atoms with Crippen LogP contribution in [-0.4, -0.2) is 19.7 Å². The summed E-state index contributed by atoms with van der Waals surface area (Å²) >= 11 is 0. The second kappa shape index (κ2) is 8.54. The normalized spacial score (nSPS) is 12.1. The van der Waals surface area contributed by atoms with E-state index in [2.05, 4.69) is 24.4 Å². The van der Waals surface area contributed by atoms with Gasteiger partial charge in [0.2, 0.25) is 0 Å². The average Bonchev–Trinajstić information content (AvgIpc) is 2.55. The van der Waals surface area contributed by atoms with Gasteiger partial charge in [-0.2, -0.15) is 0 Å². The van der Waals surface area contributed by atoms with Crippen molar-refractivity contribution in [3.8, 4) is 5.75 Å². The van der Waals surface area contributed by atoms with E-state index in [1.54, 1.807) is 13.2 Å². The number of quaternary nitrogens is 1. The summed E-state index contributed by atoms with van der Waals surface area (Å²) < 4.78 is 18.7. The molecular formula is C19H25FNO+. The van der Waals surface area contributed by atoms with Crippen LogP contribution in [0.1, 0.15) is 24.5 Å². The van der Waals surface area contributed by atoms with Crippen LogP contribution in [0.15, 0.2) is 48.5 Å². The highest BCUT2D eigenvalue weighted by Crippen LogP contribution is 2.12. The van der Waals surface area contributed by atoms with Crippen LogP contribution in [0.5, 0.6) is 5.75 Å². The third-order valence-corrected chi connectivity index (χ3v) is 3.99. The van der Waals surface area contributed by atoms with Crippen LogP contribution in [0.2, 0.25) is 0 Å². The van der Waals surface area contributed by atoms with E-state index in [1.165, 1.54) is 11.6 Å². The number of rotatable bonds is 8. The van der Waals surface area contributed by atoms with Crippen LogP contribution in [0.3, 0.4) is 0 Å². The average molecular weight is 302 g/mol. The van der Waals surface area contributed by atoms with Gasteiger partial charge in [-0.25, -0.2) is 4.39 Å². The Morgan fingerprint density at radius 1 is 1.05 bits per heavy atom. The monoisotopic (exact) mass is 302 g/mol. The van der Waals surface area contributed by atoms with Crippen LogP contribution < -0.4 is 10.1 Å². The molecule has 0 bridgehead atoms. The van der Waals surface area contributed by atoms with Crippen molar-refractivity contribution in [3.63, 3.8) is 0 Å². The van der Waals surface area contributed by atoms with Gasteiger partial charge in [-0.1, -0.05) is 30.3 Å². The summed E-state index contributed by atoms with van der Waals surface area (Å²) in [5, 5.41) is 2.30. The topological polar surface area (TPSA) is 25.8 Å². The van der Waals surface area contributed by atoms with Crippen molar-refractivity contribution in [3.05, 3.63) is 65.5 Å². The first-order valence-electron chi connectivity index (χ1n) is 7.88. The van der Waals surface area contributed by atoms with Gasteiger partial charge in [-0.15, -0.1) is 0 Å². The number of halogens is 1. The molecule has 0 aliphatic rings. The minimum atomic E-state index is -0.0956. The molecule has 0 amide bonds. The summed E-state index contributed by atoms with van der Waals surface area (Å²) in [5.41, 5.74) is 2.14. The Balaban J connectivity index is 1.69. The van der Waals surface area contributed by atoms with Gasteiger partial charge in [-0.05, 0) is 42.7 Å². The second-order valence-electron chi connectivity index (χ2n) is 5.73. The lowest BCUT2D eigenvalue weighted by Gasteiger charge is -2.11. The lowest BCUT2D eigenvalue weighted by atomic mass is 10.1. The van der Waals surface area contributed by atoms with E-state index < -0.39 is 0 Å². The lowest BCUT2D eigenvalue weighted by Crippen LogP contribution is -2.89. The smallest absolute Gasteiger partial charge is 0.126 e. The number of hydrogen-bond donors (Lipinski definition) is 1. The fraction of sp³-hybridized carbons (Fsp3) is 0.368. The SMILES string of the molecule is COc1ccc(CC[C@H](C)[NH2+]CCc2ccccc2F)cc1. The Bertz CT molecular complexity index is 568. The molecular weight excluding hydrogens is 277 g/mol. The number of aryl methyl sites for hydroxylation is 1. The molecule has 0 heterocycles. The van der Waals surface area contributed by atoms with E-state index in [-0.39, 0.29) is 5.82 Å². The molecule has 0 saturated carbocycles. The largest absolute Gasteiger partial charge is 0.497 e. The van der Waals surface area contributed by atoms with Crippen LogP contribution in [-0.2, 0) is 12.8 Å². The van der Waals surface area contributed by atoms with Crippen molar-refractivity contribution in [2.24, 2.45) is 0 Å². The van der Waals surface area contributed by atoms with Crippen LogP contribution in [0.4, 0.5) is 4.39 Å². The van der Waals surface area contributed by atoms with Gasteiger partial charge in [0, 0.05) is 12.8 Å². The molecule has 118 valence electrons. The molecule has 0 spiro atoms. The third kappa shape index (κ3) is 5.15. The third-order valence-electron chi connectivity index (χ3n) is 3.99. The lowest BCUT2D eigenvalue weighted by molar-refractivity contribution is -0.686. The first kappa shape index (κ1) is 16.5. The molecule has 0 aliphatic carbocycles. The van der Waals surface area contributed by atoms with Gasteiger partial charge in [0.25, 0.3) is 0 Å². The maximum Gasteiger partial charge on any atom is 0.126 e. The van der Waals surface area contributed by atoms with Crippen LogP contribution >= 0.6 is 0 Å². The van der Waals surface area contributed by atoms with E-state index in [9.17, 15) is 4.39 Å². The highest BCUT2D eigenvalue weighted by atomic mass is 19.1. The van der Waals surface area contributed by atoms with E-state index in [0.717, 1.165) is 37.1 Å². The highest BCUT2D eigenvalue weighted by Gasteiger charge is 2.07. The predicted molar refractivity (Wildman–Crippen MR) is 87.7 cm³/mol. The van der Waals surface area contributed by atoms with Crippen LogP contribution in [0.25, 0.3) is 0 Å². The van der Waals surface area contributed by atoms with Crippen molar-refractivity contribution in [1.82, 2.24) is 0 Å². The van der Waals surface area contributed by atoms with Crippen molar-refractivity contribution < 1.29 is 14.4 Å². The van der Waals surface area contributed by atoms with Crippen LogP contribution in [0, 0.1) is 5.82 Å². The number of ether oxygens (including phenoxy) is 1. The van der Waals surface area contributed by atoms with Gasteiger partial charge in [-0.3, -0.25) is 0 Å². The predicted octanol–water partition coefficient (Wildman–Crippen LogP) is 2.96. The van der Waals surface area contributed by atoms with E-state index >= 15 is 0 Å². The molecule has 2 nitrogen and oxygen atoms in total. The zero-order chi connectivity index (χ0) is 15.8. The maximum atomic E-state index is 13.5. The molecule has 0 aromatic heterocycles. The van der Waals surface area contributed by atoms with Gasteiger partial charge in [0.15, 0.2) is 0 Å². The zero-order valence-electron chi connectivity index (χ0n) is 13.4. The van der Waals surface area contributed by atoms with Crippen molar-refractivity contribution in [2.45, 2.75) is 32.2 Å². The molecule has 0 unspecified atom stereocenters. The molecule has 22 heavy (non-hydrogen) atoms. The van der Waals surface area contributed by atoms with Gasteiger partial charge >= 0.3 is 0 Å². The summed E-state index contributed by atoms with van der Waals surface area (Å²) in [6.45, 7) is 3.15. The maximum absolute atomic E-state index is 13.5. The van der Waals surface area contributed by atoms with E-state index in [4.69, 9.17) is 4.74 Å². The van der Waals surface area contributed by atoms with Gasteiger partial charge < -0.3 is 10.1 Å². The molecule has 2 aromatic carbocycles. The molecule has 0 fully saturated rings. The molecule has 3 heteroatoms. The molecule has 2 aromatic rings. The molecule has 2 N–H and O–H groups in total. The Kier molecular flexibility index (Phi) is 6.41. The quantitative estimate of drug-likeness (QED) is 0.797. The molecule has 0 radical (unpaired) electrons. The van der Waals surface area contributed by atoms with Gasteiger partial charge in [0.1, 0.15) is 11.6 Å². The number of hydrogen-bond acceptors (Lipinski definition) is 1. The summed E-state index contributed by atoms with van der Waals surface area (Å²) in [6, 6.07) is 15.8. The summed E-state index contributed by atoms with van der Waals surface area (Å²) in [5.74, 6) is 0.801. The molecule has 0 saturated heterocycles. The van der Waals surface area contributed by atoms with Crippen molar-refractivity contribution >= 4 is 0 Å². The first-order chi connectivity index (χ1) is 10.7. The van der Waals surface area contributed by atoms with E-state index in [1.807, 2.05) is 24.3 Å². The zero-order valence-corrected chi connectivity index (χ0v) is 13.4. The fourth-order valence-corrected chi connectivity index (χ4v) is 2.53. The summed E-state index contributed by atoms with van der Waals surface area (Å²) in [4.78, 5) is 0.